The molecule has 2 aromatic rings. The lowest BCUT2D eigenvalue weighted by Gasteiger charge is -2.33. The molecule has 0 unspecified atom stereocenters. The van der Waals surface area contributed by atoms with Gasteiger partial charge in [0.15, 0.2) is 0 Å². The minimum Gasteiger partial charge on any atom is -0.378 e. The van der Waals surface area contributed by atoms with Crippen LogP contribution in [0.4, 0.5) is 23.0 Å². The van der Waals surface area contributed by atoms with Crippen LogP contribution < -0.4 is 21.0 Å². The number of rotatable bonds is 7. The van der Waals surface area contributed by atoms with E-state index in [2.05, 4.69) is 31.0 Å². The van der Waals surface area contributed by atoms with Gasteiger partial charge in [0.2, 0.25) is 5.95 Å². The van der Waals surface area contributed by atoms with E-state index >= 15 is 0 Å². The van der Waals surface area contributed by atoms with Crippen LogP contribution >= 0.6 is 0 Å². The summed E-state index contributed by atoms with van der Waals surface area (Å²) in [6.45, 7) is 4.27. The molecule has 2 aliphatic rings. The molecule has 15 heteroatoms. The number of nitro benzene ring substituents is 1. The van der Waals surface area contributed by atoms with Crippen molar-refractivity contribution in [3.8, 4) is 0 Å². The van der Waals surface area contributed by atoms with Gasteiger partial charge in [-0.15, -0.1) is 0 Å². The second-order valence-corrected chi connectivity index (χ2v) is 7.34. The fourth-order valence-corrected chi connectivity index (χ4v) is 3.64. The third-order valence-corrected chi connectivity index (χ3v) is 5.27. The Hall–Kier alpha value is -3.85. The summed E-state index contributed by atoms with van der Waals surface area (Å²) >= 11 is 0. The highest BCUT2D eigenvalue weighted by atomic mass is 16.6. The highest BCUT2D eigenvalue weighted by Crippen LogP contribution is 2.36. The van der Waals surface area contributed by atoms with Gasteiger partial charge in [-0.3, -0.25) is 14.9 Å². The van der Waals surface area contributed by atoms with Crippen molar-refractivity contribution >= 4 is 35.1 Å². The number of carbonyl (C=O) groups excluding carboxylic acids is 1. The zero-order valence-electron chi connectivity index (χ0n) is 17.8. The van der Waals surface area contributed by atoms with Gasteiger partial charge in [-0.1, -0.05) is 5.10 Å². The molecule has 3 N–H and O–H groups in total. The normalized spacial score (nSPS) is 16.8. The number of hydrogen-bond donors (Lipinski definition) is 2. The average molecular weight is 460 g/mol. The Bertz CT molecular complexity index is 1030. The van der Waals surface area contributed by atoms with Crippen LogP contribution in [-0.2, 0) is 20.8 Å². The zero-order valence-corrected chi connectivity index (χ0v) is 17.8. The number of anilines is 3. The Morgan fingerprint density at radius 1 is 1.15 bits per heavy atom. The summed E-state index contributed by atoms with van der Waals surface area (Å²) in [5.74, 6) is -0.504. The molecule has 2 saturated heterocycles. The van der Waals surface area contributed by atoms with Crippen molar-refractivity contribution in [1.82, 2.24) is 25.6 Å². The van der Waals surface area contributed by atoms with Crippen molar-refractivity contribution in [2.45, 2.75) is 6.54 Å². The summed E-state index contributed by atoms with van der Waals surface area (Å²) in [7, 11) is 0. The predicted octanol–water partition coefficient (Wildman–Crippen LogP) is -1.01. The first kappa shape index (κ1) is 22.3. The third kappa shape index (κ3) is 5.32. The Labute approximate surface area is 188 Å². The number of nitrogens with zero attached hydrogens (tertiary/aromatic N) is 8. The number of carbonyl (C=O) groups is 1. The Morgan fingerprint density at radius 3 is 2.36 bits per heavy atom. The molecule has 0 spiro atoms. The van der Waals surface area contributed by atoms with Crippen LogP contribution in [0.3, 0.4) is 0 Å². The summed E-state index contributed by atoms with van der Waals surface area (Å²) in [6.07, 6.45) is 1.39. The van der Waals surface area contributed by atoms with Crippen LogP contribution in [0.2, 0.25) is 0 Å². The Kier molecular flexibility index (Phi) is 6.89. The third-order valence-electron chi connectivity index (χ3n) is 5.27. The van der Waals surface area contributed by atoms with Gasteiger partial charge in [-0.05, 0) is 16.5 Å². The molecule has 4 rings (SSSR count). The number of aromatic nitrogens is 4. The van der Waals surface area contributed by atoms with Crippen molar-refractivity contribution in [3.63, 3.8) is 0 Å². The van der Waals surface area contributed by atoms with Gasteiger partial charge < -0.3 is 25.0 Å². The number of nitro groups is 1. The molecule has 1 aromatic carbocycles. The molecule has 15 nitrogen and oxygen atoms in total. The summed E-state index contributed by atoms with van der Waals surface area (Å²) in [6, 6.07) is 3.28. The molecule has 0 aliphatic carbocycles. The second-order valence-electron chi connectivity index (χ2n) is 7.34. The highest BCUT2D eigenvalue weighted by molar-refractivity contribution is 5.93. The van der Waals surface area contributed by atoms with E-state index in [1.165, 1.54) is 12.3 Å². The van der Waals surface area contributed by atoms with Crippen molar-refractivity contribution < 1.29 is 19.2 Å². The number of nitrogen functional groups attached to an aromatic ring is 1. The van der Waals surface area contributed by atoms with Crippen LogP contribution in [0.25, 0.3) is 0 Å². The minimum absolute atomic E-state index is 0.00180. The lowest BCUT2D eigenvalue weighted by Crippen LogP contribution is -2.38. The Morgan fingerprint density at radius 2 is 1.79 bits per heavy atom. The van der Waals surface area contributed by atoms with Crippen LogP contribution in [-0.4, -0.2) is 89.9 Å². The molecule has 1 amide bonds. The predicted molar refractivity (Wildman–Crippen MR) is 117 cm³/mol. The maximum absolute atomic E-state index is 12.1. The van der Waals surface area contributed by atoms with Crippen LogP contribution in [0.5, 0.6) is 0 Å². The fraction of sp³-hybridized carbons (Fsp3) is 0.500. The first-order chi connectivity index (χ1) is 16.0. The van der Waals surface area contributed by atoms with Crippen molar-refractivity contribution in [1.29, 1.82) is 0 Å². The number of amides is 1. The number of tetrazole rings is 1. The van der Waals surface area contributed by atoms with Crippen molar-refractivity contribution in [2.75, 3.05) is 68.1 Å². The second kappa shape index (κ2) is 10.2. The van der Waals surface area contributed by atoms with Gasteiger partial charge in [0.25, 0.3) is 11.6 Å². The lowest BCUT2D eigenvalue weighted by atomic mass is 10.1. The number of ether oxygens (including phenoxy) is 2. The van der Waals surface area contributed by atoms with E-state index < -0.39 is 10.8 Å². The molecule has 0 atom stereocenters. The van der Waals surface area contributed by atoms with Gasteiger partial charge in [0.05, 0.1) is 37.6 Å². The first-order valence-electron chi connectivity index (χ1n) is 10.3. The summed E-state index contributed by atoms with van der Waals surface area (Å²) in [4.78, 5) is 27.6. The van der Waals surface area contributed by atoms with E-state index in [0.29, 0.717) is 63.9 Å². The molecule has 3 heterocycles. The van der Waals surface area contributed by atoms with Gasteiger partial charge in [0, 0.05) is 43.5 Å². The maximum Gasteiger partial charge on any atom is 0.293 e. The van der Waals surface area contributed by atoms with Gasteiger partial charge in [-0.25, -0.2) is 10.1 Å². The molecular weight excluding hydrogens is 436 g/mol. The summed E-state index contributed by atoms with van der Waals surface area (Å²) in [5.41, 5.74) is 9.68. The topological polar surface area (TPSA) is 179 Å². The standard InChI is InChI=1S/C18H24N10O5/c19-18-22-23-24-27(18)12-17(29)21-20-11-13-9-16(28(30)31)15(26-3-7-33-8-4-26)10-14(13)25-1-5-32-6-2-25/h9-11H,1-8,12H2,(H,21,29)(H2,19,22,24)/b20-11+. The van der Waals surface area contributed by atoms with E-state index in [-0.39, 0.29) is 18.2 Å². The quantitative estimate of drug-likeness (QED) is 0.293. The fourth-order valence-electron chi connectivity index (χ4n) is 3.64. The van der Waals surface area contributed by atoms with Crippen molar-refractivity contribution in [2.24, 2.45) is 5.10 Å². The van der Waals surface area contributed by atoms with Gasteiger partial charge in [0.1, 0.15) is 12.2 Å². The number of morpholine rings is 2. The maximum atomic E-state index is 12.1. The Balaban J connectivity index is 1.61. The summed E-state index contributed by atoms with van der Waals surface area (Å²) < 4.78 is 12.0. The van der Waals surface area contributed by atoms with Crippen LogP contribution in [0, 0.1) is 10.1 Å². The highest BCUT2D eigenvalue weighted by Gasteiger charge is 2.26. The number of nitrogens with one attached hydrogen (secondary N) is 1. The minimum atomic E-state index is -0.502. The monoisotopic (exact) mass is 460 g/mol. The van der Waals surface area contributed by atoms with E-state index in [9.17, 15) is 14.9 Å². The molecular formula is C18H24N10O5. The molecule has 2 fully saturated rings. The molecule has 1 aromatic heterocycles. The smallest absolute Gasteiger partial charge is 0.293 e. The number of hydrazone groups is 1. The first-order valence-corrected chi connectivity index (χ1v) is 10.3. The van der Waals surface area contributed by atoms with E-state index in [1.807, 2.05) is 4.90 Å². The number of nitrogens with two attached hydrogens (primary N) is 1. The van der Waals surface area contributed by atoms with Crippen LogP contribution in [0.1, 0.15) is 5.56 Å². The molecule has 0 bridgehead atoms. The van der Waals surface area contributed by atoms with Gasteiger partial charge in [-0.2, -0.15) is 5.10 Å². The van der Waals surface area contributed by atoms with E-state index in [0.717, 1.165) is 10.4 Å². The molecule has 0 radical (unpaired) electrons. The van der Waals surface area contributed by atoms with Crippen LogP contribution in [0.15, 0.2) is 17.2 Å². The van der Waals surface area contributed by atoms with E-state index in [1.54, 1.807) is 6.07 Å². The molecule has 2 aliphatic heterocycles. The molecule has 33 heavy (non-hydrogen) atoms. The van der Waals surface area contributed by atoms with Crippen molar-refractivity contribution in [3.05, 3.63) is 27.8 Å². The lowest BCUT2D eigenvalue weighted by molar-refractivity contribution is -0.384. The SMILES string of the molecule is Nc1nnnn1CC(=O)N/N=C/c1cc([N+](=O)[O-])c(N2CCOCC2)cc1N1CCOCC1. The average Bonchev–Trinajstić information content (AvgIpc) is 3.23. The molecule has 176 valence electrons. The molecule has 0 saturated carbocycles. The largest absolute Gasteiger partial charge is 0.378 e. The van der Waals surface area contributed by atoms with Gasteiger partial charge >= 0.3 is 0 Å². The zero-order chi connectivity index (χ0) is 23.2. The van der Waals surface area contributed by atoms with E-state index in [4.69, 9.17) is 15.2 Å². The summed E-state index contributed by atoms with van der Waals surface area (Å²) in [5, 5.41) is 26.3. The number of hydrogen-bond acceptors (Lipinski definition) is 12. The number of benzene rings is 1.